The smallest absolute Gasteiger partial charge is 0.0216 e. The van der Waals surface area contributed by atoms with E-state index in [0.717, 1.165) is 19.0 Å². The molecule has 1 fully saturated rings. The van der Waals surface area contributed by atoms with Crippen LogP contribution in [0.4, 0.5) is 0 Å². The second-order valence-electron chi connectivity index (χ2n) is 4.15. The van der Waals surface area contributed by atoms with Crippen LogP contribution in [0.2, 0.25) is 0 Å². The van der Waals surface area contributed by atoms with E-state index in [1.54, 1.807) is 0 Å². The van der Waals surface area contributed by atoms with Crippen LogP contribution in [0.15, 0.2) is 0 Å². The first kappa shape index (κ1) is 10.0. The van der Waals surface area contributed by atoms with Crippen molar-refractivity contribution >= 4 is 0 Å². The molecule has 2 atom stereocenters. The Kier molecular flexibility index (Phi) is 4.02. The Balaban J connectivity index is 2.20. The van der Waals surface area contributed by atoms with Crippen LogP contribution in [0, 0.1) is 5.92 Å². The molecule has 2 unspecified atom stereocenters. The van der Waals surface area contributed by atoms with Crippen LogP contribution >= 0.6 is 0 Å². The van der Waals surface area contributed by atoms with Gasteiger partial charge in [0.2, 0.25) is 0 Å². The molecule has 0 aromatic rings. The molecule has 0 amide bonds. The lowest BCUT2D eigenvalue weighted by Gasteiger charge is -2.33. The third kappa shape index (κ3) is 2.76. The third-order valence-corrected chi connectivity index (χ3v) is 2.69. The van der Waals surface area contributed by atoms with Crippen molar-refractivity contribution in [2.75, 3.05) is 13.1 Å². The Hall–Kier alpha value is -0.0800. The fourth-order valence-corrected chi connectivity index (χ4v) is 1.76. The molecule has 2 heteroatoms. The standard InChI is InChI=1S/C10H22N2/c1-4-5-9-6-12-10(7-11-9)8(2)3/h8-12H,4-7H2,1-3H3. The zero-order valence-corrected chi connectivity index (χ0v) is 8.56. The van der Waals surface area contributed by atoms with Crippen LogP contribution in [0.3, 0.4) is 0 Å². The summed E-state index contributed by atoms with van der Waals surface area (Å²) >= 11 is 0. The summed E-state index contributed by atoms with van der Waals surface area (Å²) < 4.78 is 0. The van der Waals surface area contributed by atoms with Crippen molar-refractivity contribution in [1.82, 2.24) is 10.6 Å². The highest BCUT2D eigenvalue weighted by molar-refractivity contribution is 4.84. The zero-order valence-electron chi connectivity index (χ0n) is 8.56. The predicted molar refractivity (Wildman–Crippen MR) is 53.3 cm³/mol. The van der Waals surface area contributed by atoms with Crippen molar-refractivity contribution in [1.29, 1.82) is 0 Å². The number of hydrogen-bond donors (Lipinski definition) is 2. The van der Waals surface area contributed by atoms with E-state index in [-0.39, 0.29) is 0 Å². The van der Waals surface area contributed by atoms with Crippen LogP contribution in [0.1, 0.15) is 33.6 Å². The highest BCUT2D eigenvalue weighted by Crippen LogP contribution is 2.06. The average Bonchev–Trinajstić information content (AvgIpc) is 2.06. The molecule has 0 aliphatic carbocycles. The van der Waals surface area contributed by atoms with Crippen LogP contribution in [0.5, 0.6) is 0 Å². The van der Waals surface area contributed by atoms with E-state index < -0.39 is 0 Å². The minimum atomic E-state index is 0.679. The lowest BCUT2D eigenvalue weighted by atomic mass is 10.00. The molecule has 1 aliphatic heterocycles. The normalized spacial score (nSPS) is 31.0. The Morgan fingerprint density at radius 3 is 2.42 bits per heavy atom. The topological polar surface area (TPSA) is 24.1 Å². The fourth-order valence-electron chi connectivity index (χ4n) is 1.76. The molecule has 0 aromatic heterocycles. The maximum atomic E-state index is 3.59. The lowest BCUT2D eigenvalue weighted by Crippen LogP contribution is -2.56. The van der Waals surface area contributed by atoms with E-state index in [4.69, 9.17) is 0 Å². The van der Waals surface area contributed by atoms with Crippen molar-refractivity contribution in [3.63, 3.8) is 0 Å². The molecule has 0 aromatic carbocycles. The Labute approximate surface area is 76.1 Å². The number of nitrogens with one attached hydrogen (secondary N) is 2. The first-order valence-corrected chi connectivity index (χ1v) is 5.20. The van der Waals surface area contributed by atoms with Gasteiger partial charge in [0, 0.05) is 25.2 Å². The summed E-state index contributed by atoms with van der Waals surface area (Å²) in [5.74, 6) is 0.750. The van der Waals surface area contributed by atoms with E-state index >= 15 is 0 Å². The molecule has 0 radical (unpaired) electrons. The van der Waals surface area contributed by atoms with E-state index in [1.807, 2.05) is 0 Å². The molecule has 12 heavy (non-hydrogen) atoms. The van der Waals surface area contributed by atoms with Crippen molar-refractivity contribution in [2.45, 2.75) is 45.7 Å². The molecule has 0 saturated carbocycles. The second kappa shape index (κ2) is 4.83. The Morgan fingerprint density at radius 1 is 1.25 bits per heavy atom. The van der Waals surface area contributed by atoms with Crippen LogP contribution in [-0.2, 0) is 0 Å². The molecule has 0 spiro atoms. The molecule has 1 aliphatic rings. The molecule has 1 saturated heterocycles. The molecule has 1 rings (SSSR count). The summed E-state index contributed by atoms with van der Waals surface area (Å²) in [6.45, 7) is 9.09. The van der Waals surface area contributed by atoms with Gasteiger partial charge in [-0.1, -0.05) is 27.2 Å². The van der Waals surface area contributed by atoms with Crippen LogP contribution < -0.4 is 10.6 Å². The van der Waals surface area contributed by atoms with E-state index in [9.17, 15) is 0 Å². The minimum absolute atomic E-state index is 0.679. The van der Waals surface area contributed by atoms with Crippen molar-refractivity contribution in [2.24, 2.45) is 5.92 Å². The van der Waals surface area contributed by atoms with Crippen LogP contribution in [-0.4, -0.2) is 25.2 Å². The van der Waals surface area contributed by atoms with Crippen molar-refractivity contribution in [3.05, 3.63) is 0 Å². The number of rotatable bonds is 3. The SMILES string of the molecule is CCCC1CNC(C(C)C)CN1. The Bertz CT molecular complexity index is 115. The van der Waals surface area contributed by atoms with Gasteiger partial charge in [-0.3, -0.25) is 0 Å². The molecule has 1 heterocycles. The minimum Gasteiger partial charge on any atom is -0.311 e. The number of piperazine rings is 1. The number of hydrogen-bond acceptors (Lipinski definition) is 2. The van der Waals surface area contributed by atoms with Gasteiger partial charge in [-0.25, -0.2) is 0 Å². The molecular formula is C10H22N2. The first-order chi connectivity index (χ1) is 5.74. The maximum absolute atomic E-state index is 3.59. The van der Waals surface area contributed by atoms with Gasteiger partial charge in [-0.15, -0.1) is 0 Å². The summed E-state index contributed by atoms with van der Waals surface area (Å²) in [6.07, 6.45) is 2.59. The van der Waals surface area contributed by atoms with Gasteiger partial charge in [0.15, 0.2) is 0 Å². The van der Waals surface area contributed by atoms with E-state index in [0.29, 0.717) is 12.1 Å². The summed E-state index contributed by atoms with van der Waals surface area (Å²) in [5.41, 5.74) is 0. The second-order valence-corrected chi connectivity index (χ2v) is 4.15. The molecule has 2 N–H and O–H groups in total. The monoisotopic (exact) mass is 170 g/mol. The Morgan fingerprint density at radius 2 is 2.00 bits per heavy atom. The van der Waals surface area contributed by atoms with Crippen molar-refractivity contribution in [3.8, 4) is 0 Å². The van der Waals surface area contributed by atoms with Gasteiger partial charge < -0.3 is 10.6 Å². The molecular weight excluding hydrogens is 148 g/mol. The lowest BCUT2D eigenvalue weighted by molar-refractivity contribution is 0.285. The van der Waals surface area contributed by atoms with Gasteiger partial charge >= 0.3 is 0 Å². The van der Waals surface area contributed by atoms with Gasteiger partial charge in [0.25, 0.3) is 0 Å². The molecule has 72 valence electrons. The van der Waals surface area contributed by atoms with Crippen LogP contribution in [0.25, 0.3) is 0 Å². The zero-order chi connectivity index (χ0) is 8.97. The van der Waals surface area contributed by atoms with Gasteiger partial charge in [-0.2, -0.15) is 0 Å². The van der Waals surface area contributed by atoms with E-state index in [1.165, 1.54) is 12.8 Å². The largest absolute Gasteiger partial charge is 0.311 e. The van der Waals surface area contributed by atoms with E-state index in [2.05, 4.69) is 31.4 Å². The van der Waals surface area contributed by atoms with Gasteiger partial charge in [0.05, 0.1) is 0 Å². The summed E-state index contributed by atoms with van der Waals surface area (Å²) in [4.78, 5) is 0. The van der Waals surface area contributed by atoms with Crippen molar-refractivity contribution < 1.29 is 0 Å². The van der Waals surface area contributed by atoms with Gasteiger partial charge in [0.1, 0.15) is 0 Å². The average molecular weight is 170 g/mol. The first-order valence-electron chi connectivity index (χ1n) is 5.20. The highest BCUT2D eigenvalue weighted by Gasteiger charge is 2.20. The third-order valence-electron chi connectivity index (χ3n) is 2.69. The quantitative estimate of drug-likeness (QED) is 0.668. The summed E-state index contributed by atoms with van der Waals surface area (Å²) in [5, 5.41) is 7.18. The molecule has 0 bridgehead atoms. The maximum Gasteiger partial charge on any atom is 0.0216 e. The van der Waals surface area contributed by atoms with Gasteiger partial charge in [-0.05, 0) is 12.3 Å². The molecule has 2 nitrogen and oxygen atoms in total. The highest BCUT2D eigenvalue weighted by atomic mass is 15.1. The summed E-state index contributed by atoms with van der Waals surface area (Å²) in [6, 6.07) is 1.39. The fraction of sp³-hybridized carbons (Fsp3) is 1.00. The summed E-state index contributed by atoms with van der Waals surface area (Å²) in [7, 11) is 0. The predicted octanol–water partition coefficient (Wildman–Crippen LogP) is 1.37.